The second-order valence-electron chi connectivity index (χ2n) is 0.894. The van der Waals surface area contributed by atoms with E-state index in [1.165, 1.54) is 0 Å². The second kappa shape index (κ2) is 15.9. The molecule has 0 aromatic carbocycles. The Morgan fingerprint density at radius 1 is 0.571 bits per heavy atom. The molecule has 0 rings (SSSR count). The van der Waals surface area contributed by atoms with Crippen LogP contribution in [0.2, 0.25) is 0 Å². The van der Waals surface area contributed by atoms with Crippen LogP contribution in [0.4, 0.5) is 0 Å². The van der Waals surface area contributed by atoms with E-state index < -0.39 is 15.6 Å². The smallest absolute Gasteiger partial charge is 0.822 e. The van der Waals surface area contributed by atoms with Crippen molar-refractivity contribution in [2.24, 2.45) is 0 Å². The Labute approximate surface area is 140 Å². The largest absolute Gasteiger partial charge is 2.00 e. The fourth-order valence-electron chi connectivity index (χ4n) is 0. The Morgan fingerprint density at radius 3 is 0.571 bits per heavy atom. The molecule has 9 nitrogen and oxygen atoms in total. The van der Waals surface area contributed by atoms with Gasteiger partial charge in [-0.3, -0.25) is 0 Å². The van der Waals surface area contributed by atoms with Gasteiger partial charge in [0.2, 0.25) is 0 Å². The van der Waals surface area contributed by atoms with Crippen molar-refractivity contribution in [1.29, 1.82) is 0 Å². The quantitative estimate of drug-likeness (QED) is 0.211. The summed E-state index contributed by atoms with van der Waals surface area (Å²) in [5.41, 5.74) is 0. The first-order chi connectivity index (χ1) is 4.00. The van der Waals surface area contributed by atoms with Gasteiger partial charge in [-0.25, -0.2) is 0 Å². The first-order valence-corrected chi connectivity index (χ1v) is 4.38. The van der Waals surface area contributed by atoms with Gasteiger partial charge in [-0.1, -0.05) is 0 Å². The zero-order chi connectivity index (χ0) is 9.00. The van der Waals surface area contributed by atoms with Crippen LogP contribution in [0.1, 0.15) is 0 Å². The van der Waals surface area contributed by atoms with Crippen molar-refractivity contribution in [1.82, 2.24) is 0 Å². The van der Waals surface area contributed by atoms with Gasteiger partial charge in [0.25, 0.3) is 0 Å². The first kappa shape index (κ1) is 36.0. The van der Waals surface area contributed by atoms with E-state index in [1.54, 1.807) is 0 Å². The molecule has 14 heteroatoms. The van der Waals surface area contributed by atoms with Gasteiger partial charge in [0.05, 0.1) is 0 Å². The van der Waals surface area contributed by atoms with Gasteiger partial charge < -0.3 is 44.0 Å². The van der Waals surface area contributed by atoms with Gasteiger partial charge in [0, 0.05) is 0 Å². The van der Waals surface area contributed by atoms with Gasteiger partial charge in [0.15, 0.2) is 0 Å². The summed E-state index contributed by atoms with van der Waals surface area (Å²) in [4.78, 5) is 51.3. The van der Waals surface area contributed by atoms with Crippen LogP contribution < -0.4 is 29.4 Å². The average molecular weight is 545 g/mol. The topological polar surface area (TPSA) is 204 Å². The van der Waals surface area contributed by atoms with Gasteiger partial charge in [-0.15, -0.1) is 0 Å². The van der Waals surface area contributed by atoms with E-state index in [4.69, 9.17) is 38.5 Å². The van der Waals surface area contributed by atoms with E-state index in [0.717, 1.165) is 0 Å². The molecule has 72 valence electrons. The summed E-state index contributed by atoms with van der Waals surface area (Å²) in [6.07, 6.45) is 0. The zero-order valence-electron chi connectivity index (χ0n) is 6.78. The minimum absolute atomic E-state index is 0. The van der Waals surface area contributed by atoms with Crippen LogP contribution in [0, 0.1) is 0 Å². The molecule has 0 aliphatic carbocycles. The van der Waals surface area contributed by atoms with Crippen LogP contribution in [-0.2, 0) is 91.0 Å². The zero-order valence-corrected chi connectivity index (χ0v) is 20.7. The van der Waals surface area contributed by atoms with Crippen molar-refractivity contribution in [3.8, 4) is 0 Å². The Bertz CT molecular complexity index is 130. The minimum Gasteiger partial charge on any atom is -0.822 e. The molecule has 0 atom stereocenters. The third-order valence-corrected chi connectivity index (χ3v) is 0. The Kier molecular flexibility index (Phi) is 41.0. The molecule has 14 heavy (non-hydrogen) atoms. The van der Waals surface area contributed by atoms with E-state index in [9.17, 15) is 0 Å². The second-order valence-corrected chi connectivity index (χ2v) is 2.68. The molecule has 0 aliphatic rings. The van der Waals surface area contributed by atoms with Crippen LogP contribution in [0.25, 0.3) is 0 Å². The Hall–Kier alpha value is 2.95. The molecule has 0 aromatic rings. The molecule has 0 spiro atoms. The summed E-state index contributed by atoms with van der Waals surface area (Å²) >= 11 is 0. The molecule has 0 radical (unpaired) electrons. The predicted octanol–water partition coefficient (Wildman–Crippen LogP) is -6.48. The molecule has 0 unspecified atom stereocenters. The van der Waals surface area contributed by atoms with E-state index in [-0.39, 0.29) is 87.4 Å². The Balaban J connectivity index is -0.0000000178. The van der Waals surface area contributed by atoms with Crippen LogP contribution in [-0.4, -0.2) is 5.48 Å². The maximum atomic E-state index is 8.55. The van der Waals surface area contributed by atoms with Crippen molar-refractivity contribution < 1.29 is 126 Å². The van der Waals surface area contributed by atoms with E-state index in [2.05, 4.69) is 0 Å². The summed E-state index contributed by atoms with van der Waals surface area (Å²) in [6.45, 7) is 0. The standard InChI is InChI=1S/3Cd.2H3O4P.H2O/c;;;2*1-5(2,3)4;/h;;;2*(H3,1,2,3,4);1H2/q3*+2;;;/p-6. The number of hydrogen-bond acceptors (Lipinski definition) is 8. The maximum Gasteiger partial charge on any atom is 2.00 e. The van der Waals surface area contributed by atoms with Crippen LogP contribution in [0.15, 0.2) is 0 Å². The summed E-state index contributed by atoms with van der Waals surface area (Å²) in [5, 5.41) is 0. The number of hydrogen-bond donors (Lipinski definition) is 0. The van der Waals surface area contributed by atoms with Gasteiger partial charge in [-0.2, -0.15) is 15.6 Å². The summed E-state index contributed by atoms with van der Waals surface area (Å²) in [6, 6.07) is 0. The summed E-state index contributed by atoms with van der Waals surface area (Å²) in [5.74, 6) is 0. The van der Waals surface area contributed by atoms with Gasteiger partial charge >= 0.3 is 81.9 Å². The van der Waals surface area contributed by atoms with Crippen LogP contribution >= 0.6 is 15.6 Å². The van der Waals surface area contributed by atoms with E-state index in [0.29, 0.717) is 0 Å². The monoisotopic (exact) mass is 550 g/mol. The SMILES string of the molecule is O.O=P([O-])([O-])[O-].O=P([O-])([O-])[O-].[Cd+2].[Cd+2].[Cd+2]. The molecule has 0 bridgehead atoms. The predicted molar refractivity (Wildman–Crippen MR) is 18.8 cm³/mol. The normalized spacial score (nSPS) is 8.43. The first-order valence-electron chi connectivity index (χ1n) is 1.46. The molecule has 0 aromatic heterocycles. The molecule has 0 amide bonds. The van der Waals surface area contributed by atoms with E-state index in [1.807, 2.05) is 0 Å². The van der Waals surface area contributed by atoms with Crippen molar-refractivity contribution in [2.45, 2.75) is 0 Å². The number of phosphoric acid groups is 2. The third-order valence-electron chi connectivity index (χ3n) is 0. The molecule has 0 fully saturated rings. The summed E-state index contributed by atoms with van der Waals surface area (Å²) in [7, 11) is -10.8. The van der Waals surface area contributed by atoms with Crippen molar-refractivity contribution in [3.63, 3.8) is 0 Å². The molecular formula is H2Cd3O9P2. The van der Waals surface area contributed by atoms with Crippen LogP contribution in [0.3, 0.4) is 0 Å². The van der Waals surface area contributed by atoms with Crippen molar-refractivity contribution in [3.05, 3.63) is 0 Å². The fourth-order valence-corrected chi connectivity index (χ4v) is 0. The van der Waals surface area contributed by atoms with Gasteiger partial charge in [0.1, 0.15) is 0 Å². The molecule has 0 aliphatic heterocycles. The number of rotatable bonds is 0. The van der Waals surface area contributed by atoms with Crippen molar-refractivity contribution >= 4 is 15.6 Å². The molecule has 0 saturated heterocycles. The Morgan fingerprint density at radius 2 is 0.571 bits per heavy atom. The fraction of sp³-hybridized carbons (Fsp3) is 0. The molecular weight excluding hydrogens is 543 g/mol. The minimum atomic E-state index is -5.39. The average Bonchev–Trinajstić information content (AvgIpc) is 1.12. The van der Waals surface area contributed by atoms with Crippen molar-refractivity contribution in [2.75, 3.05) is 0 Å². The third kappa shape index (κ3) is 335. The van der Waals surface area contributed by atoms with Gasteiger partial charge in [-0.05, 0) is 0 Å². The molecule has 2 N–H and O–H groups in total. The summed E-state index contributed by atoms with van der Waals surface area (Å²) < 4.78 is 17.1. The van der Waals surface area contributed by atoms with Crippen LogP contribution in [0.5, 0.6) is 0 Å². The maximum absolute atomic E-state index is 8.55. The molecule has 0 heterocycles. The molecule has 0 saturated carbocycles. The van der Waals surface area contributed by atoms with E-state index >= 15 is 0 Å².